The Balaban J connectivity index is 1.67. The maximum absolute atomic E-state index is 11.9. The van der Waals surface area contributed by atoms with Gasteiger partial charge in [-0.15, -0.1) is 0 Å². The van der Waals surface area contributed by atoms with E-state index in [0.29, 0.717) is 5.56 Å². The molecule has 0 saturated heterocycles. The lowest BCUT2D eigenvalue weighted by molar-refractivity contribution is 0.0600. The van der Waals surface area contributed by atoms with Crippen molar-refractivity contribution in [3.05, 3.63) is 98.5 Å². The van der Waals surface area contributed by atoms with Gasteiger partial charge in [-0.3, -0.25) is 9.79 Å². The fraction of sp³-hybridized carbons (Fsp3) is 0.269. The van der Waals surface area contributed by atoms with Gasteiger partial charge >= 0.3 is 5.97 Å². The van der Waals surface area contributed by atoms with Crippen molar-refractivity contribution in [2.45, 2.75) is 32.2 Å². The number of aliphatic imine (C=N–C) groups is 1. The number of nitrogens with one attached hydrogen (secondary N) is 1. The van der Waals surface area contributed by atoms with Gasteiger partial charge in [-0.1, -0.05) is 35.9 Å². The van der Waals surface area contributed by atoms with Crippen molar-refractivity contribution < 1.29 is 9.53 Å². The van der Waals surface area contributed by atoms with Crippen LogP contribution in [0.3, 0.4) is 0 Å². The van der Waals surface area contributed by atoms with Gasteiger partial charge in [0.05, 0.1) is 12.7 Å². The number of nitrogens with zero attached hydrogens (tertiary/aromatic N) is 1. The summed E-state index contributed by atoms with van der Waals surface area (Å²) < 4.78 is 4.73. The molecule has 2 bridgehead atoms. The van der Waals surface area contributed by atoms with Gasteiger partial charge in [0.25, 0.3) is 0 Å². The SMILES string of the molecule is C/C=C1\[C@H]2C=C(C)C[C@]1(N=C/C=C/c1ccc(C(=O)OC)cc1)c1ccc(=O)[nH]c1C2. The third-order valence-corrected chi connectivity index (χ3v) is 6.08. The Kier molecular flexibility index (Phi) is 5.59. The van der Waals surface area contributed by atoms with Crippen LogP contribution < -0.4 is 5.56 Å². The lowest BCUT2D eigenvalue weighted by Crippen LogP contribution is -2.40. The van der Waals surface area contributed by atoms with Crippen molar-refractivity contribution in [3.63, 3.8) is 0 Å². The summed E-state index contributed by atoms with van der Waals surface area (Å²) in [6.45, 7) is 4.22. The fourth-order valence-electron chi connectivity index (χ4n) is 4.82. The van der Waals surface area contributed by atoms with E-state index < -0.39 is 5.54 Å². The first-order valence-electron chi connectivity index (χ1n) is 10.4. The summed E-state index contributed by atoms with van der Waals surface area (Å²) in [5.41, 5.74) is 5.58. The molecule has 0 unspecified atom stereocenters. The summed E-state index contributed by atoms with van der Waals surface area (Å²) in [5, 5.41) is 0. The van der Waals surface area contributed by atoms with E-state index in [4.69, 9.17) is 9.73 Å². The van der Waals surface area contributed by atoms with E-state index in [1.54, 1.807) is 18.2 Å². The highest BCUT2D eigenvalue weighted by Crippen LogP contribution is 2.51. The van der Waals surface area contributed by atoms with E-state index >= 15 is 0 Å². The van der Waals surface area contributed by atoms with Gasteiger partial charge in [0, 0.05) is 35.9 Å². The monoisotopic (exact) mass is 414 g/mol. The number of hydrogen-bond acceptors (Lipinski definition) is 4. The smallest absolute Gasteiger partial charge is 0.337 e. The van der Waals surface area contributed by atoms with Crippen molar-refractivity contribution in [3.8, 4) is 0 Å². The maximum atomic E-state index is 11.9. The maximum Gasteiger partial charge on any atom is 0.337 e. The third-order valence-electron chi connectivity index (χ3n) is 6.08. The number of rotatable bonds is 4. The number of carbonyl (C=O) groups excluding carboxylic acids is 1. The number of methoxy groups -OCH3 is 1. The van der Waals surface area contributed by atoms with Crippen LogP contribution in [-0.4, -0.2) is 24.3 Å². The van der Waals surface area contributed by atoms with Crippen molar-refractivity contribution in [1.29, 1.82) is 0 Å². The van der Waals surface area contributed by atoms with Crippen LogP contribution in [0.1, 0.15) is 47.4 Å². The Morgan fingerprint density at radius 2 is 2.00 bits per heavy atom. The normalized spacial score (nSPS) is 23.8. The number of ether oxygens (including phenoxy) is 1. The standard InChI is InChI=1S/C26H26N2O3/c1-4-21-20-14-17(2)16-26(21,22-11-12-24(29)28-23(22)15-20)27-13-5-6-18-7-9-19(10-8-18)25(30)31-3/h4-14,20H,15-16H2,1-3H3,(H,28,29)/b6-5+,21-4+,27-13?/t20-,26+/m0/s1. The second-order valence-corrected chi connectivity index (χ2v) is 8.07. The summed E-state index contributed by atoms with van der Waals surface area (Å²) in [5.74, 6) is -0.101. The quantitative estimate of drug-likeness (QED) is 0.451. The molecule has 2 aromatic rings. The summed E-state index contributed by atoms with van der Waals surface area (Å²) >= 11 is 0. The number of aromatic nitrogens is 1. The molecule has 2 aliphatic carbocycles. The molecule has 31 heavy (non-hydrogen) atoms. The largest absolute Gasteiger partial charge is 0.465 e. The Morgan fingerprint density at radius 3 is 2.71 bits per heavy atom. The summed E-state index contributed by atoms with van der Waals surface area (Å²) in [6.07, 6.45) is 11.8. The number of allylic oxidation sites excluding steroid dienone is 3. The van der Waals surface area contributed by atoms with E-state index in [1.807, 2.05) is 36.6 Å². The summed E-state index contributed by atoms with van der Waals surface area (Å²) in [7, 11) is 1.37. The highest BCUT2D eigenvalue weighted by Gasteiger charge is 2.46. The first-order valence-corrected chi connectivity index (χ1v) is 10.4. The zero-order valence-corrected chi connectivity index (χ0v) is 18.0. The first-order chi connectivity index (χ1) is 15.0. The minimum atomic E-state index is -0.491. The predicted octanol–water partition coefficient (Wildman–Crippen LogP) is 4.61. The fourth-order valence-corrected chi connectivity index (χ4v) is 4.82. The van der Waals surface area contributed by atoms with Gasteiger partial charge in [0.1, 0.15) is 5.54 Å². The van der Waals surface area contributed by atoms with Crippen molar-refractivity contribution in [2.75, 3.05) is 7.11 Å². The molecule has 1 aromatic heterocycles. The number of hydrogen-bond donors (Lipinski definition) is 1. The molecule has 4 rings (SSSR count). The van der Waals surface area contributed by atoms with Crippen molar-refractivity contribution in [2.24, 2.45) is 10.9 Å². The van der Waals surface area contributed by atoms with E-state index in [-0.39, 0.29) is 17.4 Å². The van der Waals surface area contributed by atoms with Gasteiger partial charge in [-0.2, -0.15) is 0 Å². The zero-order chi connectivity index (χ0) is 22.0. The minimum Gasteiger partial charge on any atom is -0.465 e. The van der Waals surface area contributed by atoms with E-state index in [2.05, 4.69) is 31.0 Å². The highest BCUT2D eigenvalue weighted by molar-refractivity contribution is 5.89. The number of fused-ring (bicyclic) bond motifs is 4. The van der Waals surface area contributed by atoms with Crippen molar-refractivity contribution in [1.82, 2.24) is 4.98 Å². The Labute approximate surface area is 181 Å². The molecule has 1 heterocycles. The van der Waals surface area contributed by atoms with Gasteiger partial charge in [-0.25, -0.2) is 4.79 Å². The molecule has 0 saturated carbocycles. The van der Waals surface area contributed by atoms with Crippen LogP contribution in [0.5, 0.6) is 0 Å². The second-order valence-electron chi connectivity index (χ2n) is 8.07. The van der Waals surface area contributed by atoms with E-state index in [0.717, 1.165) is 29.7 Å². The third kappa shape index (κ3) is 3.83. The molecule has 158 valence electrons. The summed E-state index contributed by atoms with van der Waals surface area (Å²) in [4.78, 5) is 31.6. The Bertz CT molecular complexity index is 1180. The van der Waals surface area contributed by atoms with Gasteiger partial charge in [0.2, 0.25) is 5.56 Å². The van der Waals surface area contributed by atoms with Gasteiger partial charge < -0.3 is 9.72 Å². The first kappa shape index (κ1) is 20.8. The number of aromatic amines is 1. The number of esters is 1. The number of H-pyrrole nitrogens is 1. The van der Waals surface area contributed by atoms with Crippen LogP contribution in [0, 0.1) is 5.92 Å². The van der Waals surface area contributed by atoms with E-state index in [9.17, 15) is 9.59 Å². The number of benzene rings is 1. The zero-order valence-electron chi connectivity index (χ0n) is 18.0. The molecule has 1 N–H and O–H groups in total. The van der Waals surface area contributed by atoms with Crippen LogP contribution >= 0.6 is 0 Å². The lowest BCUT2D eigenvalue weighted by Gasteiger charge is -2.45. The lowest BCUT2D eigenvalue weighted by atomic mass is 9.63. The van der Waals surface area contributed by atoms with Crippen LogP contribution in [-0.2, 0) is 16.7 Å². The van der Waals surface area contributed by atoms with Crippen LogP contribution in [0.4, 0.5) is 0 Å². The molecule has 0 aliphatic heterocycles. The Hall–Kier alpha value is -3.47. The van der Waals surface area contributed by atoms with Gasteiger partial charge in [0.15, 0.2) is 0 Å². The summed E-state index contributed by atoms with van der Waals surface area (Å²) in [6, 6.07) is 10.8. The molecule has 2 aliphatic rings. The van der Waals surface area contributed by atoms with Gasteiger partial charge in [-0.05, 0) is 55.7 Å². The Morgan fingerprint density at radius 1 is 1.23 bits per heavy atom. The minimum absolute atomic E-state index is 0.0733. The topological polar surface area (TPSA) is 71.5 Å². The average molecular weight is 415 g/mol. The van der Waals surface area contributed by atoms with Crippen molar-refractivity contribution >= 4 is 18.3 Å². The van der Waals surface area contributed by atoms with Crippen LogP contribution in [0.25, 0.3) is 6.08 Å². The molecule has 0 fully saturated rings. The molecule has 5 heteroatoms. The number of carbonyl (C=O) groups is 1. The molecule has 1 aromatic carbocycles. The molecule has 2 atom stereocenters. The second kappa shape index (κ2) is 8.34. The van der Waals surface area contributed by atoms with Crippen LogP contribution in [0.15, 0.2) is 75.6 Å². The molecular formula is C26H26N2O3. The number of pyridine rings is 1. The average Bonchev–Trinajstić information content (AvgIpc) is 2.76. The molecule has 0 spiro atoms. The predicted molar refractivity (Wildman–Crippen MR) is 123 cm³/mol. The van der Waals surface area contributed by atoms with Crippen LogP contribution in [0.2, 0.25) is 0 Å². The molecular weight excluding hydrogens is 388 g/mol. The molecule has 5 nitrogen and oxygen atoms in total. The molecule has 0 radical (unpaired) electrons. The molecule has 0 amide bonds. The highest BCUT2D eigenvalue weighted by atomic mass is 16.5. The van der Waals surface area contributed by atoms with E-state index in [1.165, 1.54) is 18.3 Å².